The third-order valence-corrected chi connectivity index (χ3v) is 1.81. The number of aryl methyl sites for hydroxylation is 1. The van der Waals surface area contributed by atoms with E-state index in [-0.39, 0.29) is 0 Å². The summed E-state index contributed by atoms with van der Waals surface area (Å²) in [6.45, 7) is 1.74. The average molecular weight is 196 g/mol. The van der Waals surface area contributed by atoms with Gasteiger partial charge in [-0.1, -0.05) is 0 Å². The fourth-order valence-electron chi connectivity index (χ4n) is 0.952. The van der Waals surface area contributed by atoms with Gasteiger partial charge in [-0.25, -0.2) is 4.79 Å². The molecule has 1 aromatic carbocycles. The number of isocyanates is 1. The van der Waals surface area contributed by atoms with Crippen LogP contribution in [0.3, 0.4) is 0 Å². The van der Waals surface area contributed by atoms with Crippen molar-refractivity contribution in [2.75, 3.05) is 0 Å². The van der Waals surface area contributed by atoms with Crippen LogP contribution in [0, 0.1) is 6.92 Å². The summed E-state index contributed by atoms with van der Waals surface area (Å²) in [6, 6.07) is 4.64. The van der Waals surface area contributed by atoms with Gasteiger partial charge >= 0.3 is 0 Å². The van der Waals surface area contributed by atoms with Crippen molar-refractivity contribution in [1.82, 2.24) is 0 Å². The molecule has 0 N–H and O–H groups in total. The average Bonchev–Trinajstić information content (AvgIpc) is 2.08. The minimum Gasteiger partial charge on any atom is -0.276 e. The number of hydrogen-bond donors (Lipinski definition) is 0. The standard InChI is InChI=1S/C9H6ClNO2/c1-6-4-7(9(10)13)2-3-8(6)11-5-12/h2-4H,1H3. The van der Waals surface area contributed by atoms with E-state index in [0.717, 1.165) is 5.56 Å². The summed E-state index contributed by atoms with van der Waals surface area (Å²) in [5.74, 6) is 0. The molecule has 0 bridgehead atoms. The summed E-state index contributed by atoms with van der Waals surface area (Å²) in [5.41, 5.74) is 1.61. The molecule has 0 saturated carbocycles. The number of halogens is 1. The highest BCUT2D eigenvalue weighted by molar-refractivity contribution is 6.67. The van der Waals surface area contributed by atoms with E-state index in [2.05, 4.69) is 4.99 Å². The molecule has 13 heavy (non-hydrogen) atoms. The topological polar surface area (TPSA) is 46.5 Å². The van der Waals surface area contributed by atoms with Crippen LogP contribution in [0.25, 0.3) is 0 Å². The SMILES string of the molecule is Cc1cc(C(=O)Cl)ccc1N=C=O. The first-order valence-corrected chi connectivity index (χ1v) is 3.91. The Morgan fingerprint density at radius 3 is 2.69 bits per heavy atom. The van der Waals surface area contributed by atoms with E-state index in [0.29, 0.717) is 11.3 Å². The van der Waals surface area contributed by atoms with Gasteiger partial charge in [0.2, 0.25) is 6.08 Å². The molecule has 66 valence electrons. The minimum atomic E-state index is -0.523. The zero-order chi connectivity index (χ0) is 9.84. The Labute approximate surface area is 80.0 Å². The zero-order valence-electron chi connectivity index (χ0n) is 6.87. The first-order chi connectivity index (χ1) is 6.15. The van der Waals surface area contributed by atoms with E-state index in [9.17, 15) is 9.59 Å². The van der Waals surface area contributed by atoms with Gasteiger partial charge in [0.1, 0.15) is 0 Å². The highest BCUT2D eigenvalue weighted by atomic mass is 35.5. The third kappa shape index (κ3) is 2.25. The first kappa shape index (κ1) is 9.65. The number of benzene rings is 1. The summed E-state index contributed by atoms with van der Waals surface area (Å²) in [4.78, 5) is 24.1. The maximum Gasteiger partial charge on any atom is 0.252 e. The molecule has 0 aliphatic rings. The molecule has 1 rings (SSSR count). The quantitative estimate of drug-likeness (QED) is 0.413. The van der Waals surface area contributed by atoms with Crippen molar-refractivity contribution in [1.29, 1.82) is 0 Å². The largest absolute Gasteiger partial charge is 0.276 e. The Morgan fingerprint density at radius 1 is 1.54 bits per heavy atom. The van der Waals surface area contributed by atoms with Crippen LogP contribution in [0.4, 0.5) is 5.69 Å². The zero-order valence-corrected chi connectivity index (χ0v) is 7.63. The molecular formula is C9H6ClNO2. The Balaban J connectivity index is 3.19. The predicted molar refractivity (Wildman–Crippen MR) is 49.1 cm³/mol. The molecule has 0 radical (unpaired) electrons. The van der Waals surface area contributed by atoms with Gasteiger partial charge in [-0.3, -0.25) is 4.79 Å². The highest BCUT2D eigenvalue weighted by Crippen LogP contribution is 2.19. The van der Waals surface area contributed by atoms with Crippen LogP contribution in [-0.2, 0) is 4.79 Å². The smallest absolute Gasteiger partial charge is 0.252 e. The Kier molecular flexibility index (Phi) is 2.96. The third-order valence-electron chi connectivity index (χ3n) is 1.59. The van der Waals surface area contributed by atoms with Crippen molar-refractivity contribution < 1.29 is 9.59 Å². The minimum absolute atomic E-state index is 0.393. The highest BCUT2D eigenvalue weighted by Gasteiger charge is 2.03. The molecule has 0 saturated heterocycles. The normalized spacial score (nSPS) is 9.08. The van der Waals surface area contributed by atoms with Crippen LogP contribution < -0.4 is 0 Å². The first-order valence-electron chi connectivity index (χ1n) is 3.53. The molecule has 1 aromatic rings. The monoisotopic (exact) mass is 195 g/mol. The van der Waals surface area contributed by atoms with E-state index < -0.39 is 5.24 Å². The fraction of sp³-hybridized carbons (Fsp3) is 0.111. The van der Waals surface area contributed by atoms with E-state index in [4.69, 9.17) is 11.6 Å². The lowest BCUT2D eigenvalue weighted by molar-refractivity contribution is 0.108. The number of aliphatic imine (C=N–C) groups is 1. The van der Waals surface area contributed by atoms with Crippen LogP contribution in [0.1, 0.15) is 15.9 Å². The number of carbonyl (C=O) groups is 1. The van der Waals surface area contributed by atoms with Crippen molar-refractivity contribution in [3.63, 3.8) is 0 Å². The van der Waals surface area contributed by atoms with Crippen molar-refractivity contribution in [3.05, 3.63) is 29.3 Å². The van der Waals surface area contributed by atoms with Gasteiger partial charge in [-0.15, -0.1) is 0 Å². The van der Waals surface area contributed by atoms with E-state index in [1.807, 2.05) is 0 Å². The summed E-state index contributed by atoms with van der Waals surface area (Å²) < 4.78 is 0. The second-order valence-electron chi connectivity index (χ2n) is 2.48. The molecule has 3 nitrogen and oxygen atoms in total. The fourth-order valence-corrected chi connectivity index (χ4v) is 1.07. The lowest BCUT2D eigenvalue weighted by Gasteiger charge is -1.98. The van der Waals surface area contributed by atoms with Crippen molar-refractivity contribution in [2.45, 2.75) is 6.92 Å². The summed E-state index contributed by atoms with van der Waals surface area (Å²) >= 11 is 5.26. The van der Waals surface area contributed by atoms with Gasteiger partial charge in [0.25, 0.3) is 5.24 Å². The van der Waals surface area contributed by atoms with Crippen LogP contribution in [0.15, 0.2) is 23.2 Å². The molecule has 4 heteroatoms. The van der Waals surface area contributed by atoms with Crippen LogP contribution in [0.2, 0.25) is 0 Å². The maximum atomic E-state index is 10.7. The molecule has 0 atom stereocenters. The summed E-state index contributed by atoms with van der Waals surface area (Å²) in [7, 11) is 0. The van der Waals surface area contributed by atoms with Gasteiger partial charge in [0.05, 0.1) is 5.69 Å². The summed E-state index contributed by atoms with van der Waals surface area (Å²) in [5, 5.41) is -0.523. The van der Waals surface area contributed by atoms with E-state index in [1.165, 1.54) is 12.1 Å². The molecule has 0 fully saturated rings. The number of hydrogen-bond acceptors (Lipinski definition) is 3. The molecule has 0 heterocycles. The molecule has 0 aliphatic heterocycles. The predicted octanol–water partition coefficient (Wildman–Crippen LogP) is 2.34. The maximum absolute atomic E-state index is 10.7. The molecule has 0 spiro atoms. The van der Waals surface area contributed by atoms with Gasteiger partial charge in [0, 0.05) is 5.56 Å². The van der Waals surface area contributed by atoms with Gasteiger partial charge in [0.15, 0.2) is 0 Å². The van der Waals surface area contributed by atoms with E-state index in [1.54, 1.807) is 19.1 Å². The van der Waals surface area contributed by atoms with Crippen molar-refractivity contribution in [2.24, 2.45) is 4.99 Å². The van der Waals surface area contributed by atoms with E-state index >= 15 is 0 Å². The lowest BCUT2D eigenvalue weighted by atomic mass is 10.1. The molecule has 0 aliphatic carbocycles. The molecule has 0 amide bonds. The second-order valence-corrected chi connectivity index (χ2v) is 2.82. The van der Waals surface area contributed by atoms with Crippen LogP contribution in [0.5, 0.6) is 0 Å². The molecule has 0 unspecified atom stereocenters. The van der Waals surface area contributed by atoms with Gasteiger partial charge in [-0.2, -0.15) is 4.99 Å². The van der Waals surface area contributed by atoms with Gasteiger partial charge in [-0.05, 0) is 42.3 Å². The Hall–Kier alpha value is -1.44. The Morgan fingerprint density at radius 2 is 2.23 bits per heavy atom. The van der Waals surface area contributed by atoms with Gasteiger partial charge < -0.3 is 0 Å². The molecular weight excluding hydrogens is 190 g/mol. The number of carbonyl (C=O) groups excluding carboxylic acids is 2. The van der Waals surface area contributed by atoms with Crippen LogP contribution in [-0.4, -0.2) is 11.3 Å². The number of rotatable bonds is 2. The van der Waals surface area contributed by atoms with Crippen LogP contribution >= 0.6 is 11.6 Å². The lowest BCUT2D eigenvalue weighted by Crippen LogP contribution is -1.88. The second kappa shape index (κ2) is 3.99. The molecule has 0 aromatic heterocycles. The Bertz CT molecular complexity index is 395. The summed E-state index contributed by atoms with van der Waals surface area (Å²) in [6.07, 6.45) is 1.43. The van der Waals surface area contributed by atoms with Crippen molar-refractivity contribution in [3.8, 4) is 0 Å². The number of nitrogens with zero attached hydrogens (tertiary/aromatic N) is 1. The van der Waals surface area contributed by atoms with Crippen molar-refractivity contribution >= 4 is 28.6 Å².